The van der Waals surface area contributed by atoms with Crippen LogP contribution in [0.3, 0.4) is 0 Å². The molecule has 2 aromatic carbocycles. The molecule has 0 bridgehead atoms. The van der Waals surface area contributed by atoms with Gasteiger partial charge in [0, 0.05) is 37.9 Å². The van der Waals surface area contributed by atoms with Gasteiger partial charge in [0.15, 0.2) is 0 Å². The van der Waals surface area contributed by atoms with Gasteiger partial charge >= 0.3 is 6.09 Å². The number of amides is 1. The summed E-state index contributed by atoms with van der Waals surface area (Å²) in [6, 6.07) is 22.1. The fourth-order valence-corrected chi connectivity index (χ4v) is 7.20. The highest BCUT2D eigenvalue weighted by molar-refractivity contribution is 7.89. The second-order valence-corrected chi connectivity index (χ2v) is 12.4. The maximum atomic E-state index is 13.4. The minimum absolute atomic E-state index is 0.140. The summed E-state index contributed by atoms with van der Waals surface area (Å²) in [6.45, 7) is 5.59. The summed E-state index contributed by atoms with van der Waals surface area (Å²) in [5, 5.41) is 0. The number of nitrogens with zero attached hydrogens (tertiary/aromatic N) is 3. The summed E-state index contributed by atoms with van der Waals surface area (Å²) < 4.78 is 32.3. The predicted molar refractivity (Wildman–Crippen MR) is 148 cm³/mol. The van der Waals surface area contributed by atoms with Gasteiger partial charge < -0.3 is 9.64 Å². The molecule has 2 atom stereocenters. The van der Waals surface area contributed by atoms with Crippen molar-refractivity contribution < 1.29 is 17.9 Å². The highest BCUT2D eigenvalue weighted by Gasteiger charge is 2.43. The van der Waals surface area contributed by atoms with Gasteiger partial charge in [-0.2, -0.15) is 0 Å². The fraction of sp³-hybridized carbons (Fsp3) is 0.400. The van der Waals surface area contributed by atoms with Gasteiger partial charge in [-0.25, -0.2) is 17.5 Å². The van der Waals surface area contributed by atoms with Crippen molar-refractivity contribution in [1.29, 1.82) is 0 Å². The number of ether oxygens (including phenoxy) is 1. The highest BCUT2D eigenvalue weighted by atomic mass is 32.2. The quantitative estimate of drug-likeness (QED) is 0.373. The van der Waals surface area contributed by atoms with E-state index in [9.17, 15) is 13.2 Å². The third-order valence-electron chi connectivity index (χ3n) is 7.86. The van der Waals surface area contributed by atoms with E-state index in [2.05, 4.69) is 35.3 Å². The van der Waals surface area contributed by atoms with Gasteiger partial charge in [-0.3, -0.25) is 4.98 Å². The van der Waals surface area contributed by atoms with Crippen molar-refractivity contribution in [2.75, 3.05) is 25.4 Å². The molecule has 38 heavy (non-hydrogen) atoms. The van der Waals surface area contributed by atoms with Crippen molar-refractivity contribution in [3.05, 3.63) is 89.7 Å². The second kappa shape index (κ2) is 10.9. The van der Waals surface area contributed by atoms with Crippen LogP contribution >= 0.6 is 0 Å². The first-order valence-electron chi connectivity index (χ1n) is 13.3. The van der Waals surface area contributed by atoms with Crippen molar-refractivity contribution in [2.24, 2.45) is 0 Å². The summed E-state index contributed by atoms with van der Waals surface area (Å²) in [6.07, 6.45) is 4.01. The number of aryl methyl sites for hydroxylation is 1. The first kappa shape index (κ1) is 26.4. The van der Waals surface area contributed by atoms with Crippen LogP contribution < -0.4 is 0 Å². The zero-order chi connectivity index (χ0) is 26.8. The van der Waals surface area contributed by atoms with Crippen molar-refractivity contribution in [3.8, 4) is 11.1 Å². The summed E-state index contributed by atoms with van der Waals surface area (Å²) in [5.74, 6) is 0.224. The molecule has 0 saturated carbocycles. The summed E-state index contributed by atoms with van der Waals surface area (Å²) in [7, 11) is -3.14. The number of carbonyl (C=O) groups excluding carboxylic acids is 1. The third kappa shape index (κ3) is 5.47. The minimum Gasteiger partial charge on any atom is -0.438 e. The Balaban J connectivity index is 1.29. The number of aromatic nitrogens is 1. The van der Waals surface area contributed by atoms with E-state index in [0.29, 0.717) is 45.3 Å². The van der Waals surface area contributed by atoms with Crippen LogP contribution in [-0.4, -0.2) is 54.1 Å². The lowest BCUT2D eigenvalue weighted by molar-refractivity contribution is -0.0667. The molecule has 2 aliphatic heterocycles. The maximum absolute atomic E-state index is 13.4. The number of cyclic esters (lactones) is 1. The van der Waals surface area contributed by atoms with Crippen LogP contribution in [0, 0.1) is 6.92 Å². The molecule has 2 aliphatic rings. The lowest BCUT2D eigenvalue weighted by Crippen LogP contribution is -2.49. The lowest BCUT2D eigenvalue weighted by Gasteiger charge is -2.43. The van der Waals surface area contributed by atoms with Gasteiger partial charge in [-0.15, -0.1) is 0 Å². The molecule has 1 unspecified atom stereocenters. The molecule has 200 valence electrons. The summed E-state index contributed by atoms with van der Waals surface area (Å²) in [4.78, 5) is 19.5. The number of benzene rings is 2. The lowest BCUT2D eigenvalue weighted by atomic mass is 9.84. The number of hydrogen-bond acceptors (Lipinski definition) is 5. The van der Waals surface area contributed by atoms with Crippen molar-refractivity contribution in [1.82, 2.24) is 14.2 Å². The Morgan fingerprint density at radius 1 is 1.03 bits per heavy atom. The Morgan fingerprint density at radius 2 is 1.79 bits per heavy atom. The van der Waals surface area contributed by atoms with E-state index in [1.165, 1.54) is 0 Å². The second-order valence-electron chi connectivity index (χ2n) is 10.3. The molecule has 1 amide bonds. The van der Waals surface area contributed by atoms with Crippen LogP contribution in [0.15, 0.2) is 72.9 Å². The molecule has 3 heterocycles. The van der Waals surface area contributed by atoms with Gasteiger partial charge in [0.05, 0.1) is 11.8 Å². The van der Waals surface area contributed by atoms with Crippen LogP contribution in [0.25, 0.3) is 11.1 Å². The van der Waals surface area contributed by atoms with Gasteiger partial charge in [-0.05, 0) is 67.5 Å². The zero-order valence-corrected chi connectivity index (χ0v) is 22.9. The topological polar surface area (TPSA) is 79.8 Å². The largest absolute Gasteiger partial charge is 0.438 e. The van der Waals surface area contributed by atoms with Crippen molar-refractivity contribution >= 4 is 16.1 Å². The Hall–Kier alpha value is -3.23. The highest BCUT2D eigenvalue weighted by Crippen LogP contribution is 2.40. The van der Waals surface area contributed by atoms with E-state index in [-0.39, 0.29) is 17.9 Å². The normalized spacial score (nSPS) is 22.3. The van der Waals surface area contributed by atoms with Crippen LogP contribution in [0.4, 0.5) is 4.79 Å². The predicted octanol–water partition coefficient (Wildman–Crippen LogP) is 5.67. The number of sulfonamides is 1. The third-order valence-corrected chi connectivity index (χ3v) is 9.81. The van der Waals surface area contributed by atoms with Gasteiger partial charge in [0.25, 0.3) is 0 Å². The van der Waals surface area contributed by atoms with Crippen LogP contribution in [0.1, 0.15) is 55.5 Å². The Labute approximate surface area is 225 Å². The van der Waals surface area contributed by atoms with Gasteiger partial charge in [-0.1, -0.05) is 54.6 Å². The molecule has 0 aliphatic carbocycles. The molecule has 2 saturated heterocycles. The average Bonchev–Trinajstić information content (AvgIpc) is 3.26. The summed E-state index contributed by atoms with van der Waals surface area (Å²) in [5.41, 5.74) is 4.44. The molecule has 2 fully saturated rings. The first-order valence-corrected chi connectivity index (χ1v) is 14.9. The van der Waals surface area contributed by atoms with E-state index < -0.39 is 15.6 Å². The van der Waals surface area contributed by atoms with Crippen LogP contribution in [-0.2, 0) is 20.4 Å². The monoisotopic (exact) mass is 533 g/mol. The number of rotatable bonds is 8. The smallest absolute Gasteiger partial charge is 0.411 e. The van der Waals surface area contributed by atoms with E-state index in [4.69, 9.17) is 4.74 Å². The van der Waals surface area contributed by atoms with Crippen LogP contribution in [0.5, 0.6) is 0 Å². The SMILES string of the molecule is Cc1cc(-c2ccc([C@H](C)N3CCC(CCCN4CCCS4(=O)=O)(c4ccccc4)OC3=O)cc2)ccn1. The van der Waals surface area contributed by atoms with Crippen molar-refractivity contribution in [2.45, 2.75) is 51.2 Å². The molecule has 5 rings (SSSR count). The van der Waals surface area contributed by atoms with E-state index >= 15 is 0 Å². The molecule has 0 radical (unpaired) electrons. The van der Waals surface area contributed by atoms with Crippen LogP contribution in [0.2, 0.25) is 0 Å². The Bertz CT molecular complexity index is 1380. The Morgan fingerprint density at radius 3 is 2.45 bits per heavy atom. The number of carbonyl (C=O) groups is 1. The molecule has 7 nitrogen and oxygen atoms in total. The summed E-state index contributed by atoms with van der Waals surface area (Å²) >= 11 is 0. The standard InChI is InChI=1S/C30H35N3O4S/c1-23-22-27(14-17-31-23)26-12-10-25(11-13-26)24(2)33-20-16-30(37-29(33)34,28-8-4-3-5-9-28)15-6-18-32-19-7-21-38(32,35)36/h3-5,8-14,17,22,24H,6-7,15-16,18-21H2,1-2H3/t24-,30?/m0/s1. The molecular weight excluding hydrogens is 498 g/mol. The molecule has 0 spiro atoms. The molecule has 3 aromatic rings. The fourth-order valence-electron chi connectivity index (χ4n) is 5.63. The number of pyridine rings is 1. The average molecular weight is 534 g/mol. The van der Waals surface area contributed by atoms with E-state index in [0.717, 1.165) is 27.9 Å². The molecule has 8 heteroatoms. The number of hydrogen-bond donors (Lipinski definition) is 0. The maximum Gasteiger partial charge on any atom is 0.411 e. The first-order chi connectivity index (χ1) is 18.3. The van der Waals surface area contributed by atoms with Crippen molar-refractivity contribution in [3.63, 3.8) is 0 Å². The van der Waals surface area contributed by atoms with E-state index in [1.54, 1.807) is 9.21 Å². The van der Waals surface area contributed by atoms with E-state index in [1.807, 2.05) is 56.4 Å². The Kier molecular flexibility index (Phi) is 7.54. The molecule has 0 N–H and O–H groups in total. The van der Waals surface area contributed by atoms with Gasteiger partial charge in [0.2, 0.25) is 10.0 Å². The zero-order valence-electron chi connectivity index (χ0n) is 22.0. The van der Waals surface area contributed by atoms with Gasteiger partial charge in [0.1, 0.15) is 5.60 Å². The molecular formula is C30H35N3O4S. The minimum atomic E-state index is -3.14. The molecule has 1 aromatic heterocycles.